The van der Waals surface area contributed by atoms with Crippen molar-refractivity contribution < 1.29 is 9.53 Å². The Morgan fingerprint density at radius 1 is 1.15 bits per heavy atom. The van der Waals surface area contributed by atoms with Gasteiger partial charge in [0.15, 0.2) is 11.7 Å². The number of carbonyl (C=O) groups is 1. The summed E-state index contributed by atoms with van der Waals surface area (Å²) in [6, 6.07) is 13.3. The molecule has 4 nitrogen and oxygen atoms in total. The van der Waals surface area contributed by atoms with Crippen molar-refractivity contribution in [1.29, 1.82) is 0 Å². The highest BCUT2D eigenvalue weighted by atomic mass is 35.5. The first-order valence-electron chi connectivity index (χ1n) is 8.15. The maximum absolute atomic E-state index is 12.2. The number of thiazole rings is 1. The number of aromatic nitrogens is 1. The number of halogens is 1. The summed E-state index contributed by atoms with van der Waals surface area (Å²) in [4.78, 5) is 17.7. The molecule has 0 radical (unpaired) electrons. The molecule has 0 aliphatic carbocycles. The highest BCUT2D eigenvalue weighted by Crippen LogP contribution is 2.31. The Morgan fingerprint density at radius 3 is 2.58 bits per heavy atom. The number of nitrogens with one attached hydrogen (secondary N) is 1. The molecule has 1 amide bonds. The van der Waals surface area contributed by atoms with E-state index in [-0.39, 0.29) is 12.5 Å². The van der Waals surface area contributed by atoms with Gasteiger partial charge in [-0.25, -0.2) is 4.98 Å². The molecule has 0 atom stereocenters. The number of ether oxygens (including phenoxy) is 1. The Labute approximate surface area is 161 Å². The lowest BCUT2D eigenvalue weighted by Crippen LogP contribution is -2.20. The molecule has 134 valence electrons. The summed E-state index contributed by atoms with van der Waals surface area (Å²) in [5.41, 5.74) is 3.98. The van der Waals surface area contributed by atoms with Crippen molar-refractivity contribution in [2.45, 2.75) is 20.8 Å². The standard InChI is InChI=1S/C20H19ClN2O2S/c1-12-4-9-17(13(2)10-12)25-11-18(24)22-20-23-19(14(3)26-20)15-5-7-16(21)8-6-15/h4-10H,11H2,1-3H3,(H,22,23,24). The molecule has 0 aliphatic heterocycles. The number of benzene rings is 2. The highest BCUT2D eigenvalue weighted by Gasteiger charge is 2.13. The molecule has 1 aromatic heterocycles. The molecular formula is C20H19ClN2O2S. The molecule has 0 spiro atoms. The lowest BCUT2D eigenvalue weighted by molar-refractivity contribution is -0.118. The summed E-state index contributed by atoms with van der Waals surface area (Å²) in [6.07, 6.45) is 0. The van der Waals surface area contributed by atoms with Crippen molar-refractivity contribution in [3.63, 3.8) is 0 Å². The molecule has 3 aromatic rings. The van der Waals surface area contributed by atoms with Gasteiger partial charge >= 0.3 is 0 Å². The zero-order chi connectivity index (χ0) is 18.7. The van der Waals surface area contributed by atoms with Gasteiger partial charge < -0.3 is 4.74 Å². The van der Waals surface area contributed by atoms with Crippen LogP contribution >= 0.6 is 22.9 Å². The van der Waals surface area contributed by atoms with Crippen LogP contribution in [0.15, 0.2) is 42.5 Å². The van der Waals surface area contributed by atoms with Crippen molar-refractivity contribution in [2.24, 2.45) is 0 Å². The number of hydrogen-bond acceptors (Lipinski definition) is 4. The number of carbonyl (C=O) groups excluding carboxylic acids is 1. The van der Waals surface area contributed by atoms with E-state index in [9.17, 15) is 4.79 Å². The summed E-state index contributed by atoms with van der Waals surface area (Å²) in [7, 11) is 0. The number of rotatable bonds is 5. The van der Waals surface area contributed by atoms with Gasteiger partial charge in [-0.15, -0.1) is 11.3 Å². The van der Waals surface area contributed by atoms with Crippen LogP contribution in [-0.2, 0) is 4.79 Å². The topological polar surface area (TPSA) is 51.2 Å². The second kappa shape index (κ2) is 7.89. The Bertz CT molecular complexity index is 935. The van der Waals surface area contributed by atoms with E-state index in [0.717, 1.165) is 27.3 Å². The van der Waals surface area contributed by atoms with Gasteiger partial charge in [0.25, 0.3) is 5.91 Å². The van der Waals surface area contributed by atoms with E-state index in [0.29, 0.717) is 15.9 Å². The fourth-order valence-electron chi connectivity index (χ4n) is 2.59. The summed E-state index contributed by atoms with van der Waals surface area (Å²) >= 11 is 7.37. The second-order valence-electron chi connectivity index (χ2n) is 6.04. The predicted molar refractivity (Wildman–Crippen MR) is 107 cm³/mol. The second-order valence-corrected chi connectivity index (χ2v) is 7.68. The van der Waals surface area contributed by atoms with Crippen LogP contribution in [0.2, 0.25) is 5.02 Å². The van der Waals surface area contributed by atoms with Gasteiger partial charge in [0.05, 0.1) is 5.69 Å². The Hall–Kier alpha value is -2.37. The molecule has 0 unspecified atom stereocenters. The predicted octanol–water partition coefficient (Wildman–Crippen LogP) is 5.41. The largest absolute Gasteiger partial charge is 0.483 e. The Morgan fingerprint density at radius 2 is 1.88 bits per heavy atom. The normalized spacial score (nSPS) is 10.6. The van der Waals surface area contributed by atoms with Crippen molar-refractivity contribution in [2.75, 3.05) is 11.9 Å². The summed E-state index contributed by atoms with van der Waals surface area (Å²) in [5, 5.41) is 4.04. The first-order chi connectivity index (χ1) is 12.4. The molecule has 0 saturated carbocycles. The molecule has 1 heterocycles. The van der Waals surface area contributed by atoms with Crippen LogP contribution in [0, 0.1) is 20.8 Å². The zero-order valence-corrected chi connectivity index (χ0v) is 16.4. The fourth-order valence-corrected chi connectivity index (χ4v) is 3.56. The molecule has 3 rings (SSSR count). The number of anilines is 1. The average Bonchev–Trinajstić information content (AvgIpc) is 2.95. The van der Waals surface area contributed by atoms with Crippen molar-refractivity contribution in [3.8, 4) is 17.0 Å². The smallest absolute Gasteiger partial charge is 0.264 e. The third-order valence-corrected chi connectivity index (χ3v) is 4.99. The SMILES string of the molecule is Cc1ccc(OCC(=O)Nc2nc(-c3ccc(Cl)cc3)c(C)s2)c(C)c1. The third-order valence-electron chi connectivity index (χ3n) is 3.85. The van der Waals surface area contributed by atoms with E-state index in [4.69, 9.17) is 16.3 Å². The van der Waals surface area contributed by atoms with Gasteiger partial charge in [-0.1, -0.05) is 41.4 Å². The first-order valence-corrected chi connectivity index (χ1v) is 9.35. The van der Waals surface area contributed by atoms with Crippen LogP contribution in [0.4, 0.5) is 5.13 Å². The Kier molecular flexibility index (Phi) is 5.59. The van der Waals surface area contributed by atoms with Crippen LogP contribution in [0.1, 0.15) is 16.0 Å². The van der Waals surface area contributed by atoms with Crippen molar-refractivity contribution in [1.82, 2.24) is 4.98 Å². The molecular weight excluding hydrogens is 368 g/mol. The van der Waals surface area contributed by atoms with Gasteiger partial charge in [0.1, 0.15) is 5.75 Å². The zero-order valence-electron chi connectivity index (χ0n) is 14.8. The van der Waals surface area contributed by atoms with Crippen LogP contribution in [0.25, 0.3) is 11.3 Å². The van der Waals surface area contributed by atoms with Gasteiger partial charge in [-0.05, 0) is 44.5 Å². The van der Waals surface area contributed by atoms with Crippen LogP contribution in [0.3, 0.4) is 0 Å². The highest BCUT2D eigenvalue weighted by molar-refractivity contribution is 7.16. The van der Waals surface area contributed by atoms with Gasteiger partial charge in [-0.2, -0.15) is 0 Å². The maximum Gasteiger partial charge on any atom is 0.264 e. The summed E-state index contributed by atoms with van der Waals surface area (Å²) in [5.74, 6) is 0.476. The van der Waals surface area contributed by atoms with Gasteiger partial charge in [0, 0.05) is 15.5 Å². The number of nitrogens with zero attached hydrogens (tertiary/aromatic N) is 1. The van der Waals surface area contributed by atoms with Crippen molar-refractivity contribution in [3.05, 3.63) is 63.5 Å². The van der Waals surface area contributed by atoms with Gasteiger partial charge in [0.2, 0.25) is 0 Å². The van der Waals surface area contributed by atoms with Gasteiger partial charge in [-0.3, -0.25) is 10.1 Å². The molecule has 0 bridgehead atoms. The summed E-state index contributed by atoms with van der Waals surface area (Å²) < 4.78 is 5.61. The molecule has 2 aromatic carbocycles. The van der Waals surface area contributed by atoms with E-state index in [1.807, 2.05) is 63.2 Å². The van der Waals surface area contributed by atoms with Crippen LogP contribution in [-0.4, -0.2) is 17.5 Å². The molecule has 6 heteroatoms. The monoisotopic (exact) mass is 386 g/mol. The minimum absolute atomic E-state index is 0.0567. The van der Waals surface area contributed by atoms with E-state index < -0.39 is 0 Å². The van der Waals surface area contributed by atoms with Crippen molar-refractivity contribution >= 4 is 34.0 Å². The molecule has 0 aliphatic rings. The average molecular weight is 387 g/mol. The first kappa shape index (κ1) is 18.4. The van der Waals surface area contributed by atoms with Crippen LogP contribution in [0.5, 0.6) is 5.75 Å². The lowest BCUT2D eigenvalue weighted by Gasteiger charge is -2.09. The van der Waals surface area contributed by atoms with E-state index in [1.54, 1.807) is 0 Å². The van der Waals surface area contributed by atoms with E-state index >= 15 is 0 Å². The molecule has 26 heavy (non-hydrogen) atoms. The lowest BCUT2D eigenvalue weighted by atomic mass is 10.1. The summed E-state index contributed by atoms with van der Waals surface area (Å²) in [6.45, 7) is 5.90. The third kappa shape index (κ3) is 4.42. The molecule has 0 fully saturated rings. The maximum atomic E-state index is 12.2. The molecule has 0 saturated heterocycles. The van der Waals surface area contributed by atoms with E-state index in [2.05, 4.69) is 10.3 Å². The Balaban J connectivity index is 1.64. The minimum atomic E-state index is -0.235. The number of aryl methyl sites for hydroxylation is 3. The molecule has 1 N–H and O–H groups in total. The fraction of sp³-hybridized carbons (Fsp3) is 0.200. The quantitative estimate of drug-likeness (QED) is 0.638. The number of amides is 1. The number of hydrogen-bond donors (Lipinski definition) is 1. The van der Waals surface area contributed by atoms with E-state index in [1.165, 1.54) is 11.3 Å². The minimum Gasteiger partial charge on any atom is -0.483 e. The van der Waals surface area contributed by atoms with Crippen LogP contribution < -0.4 is 10.1 Å².